The lowest BCUT2D eigenvalue weighted by molar-refractivity contribution is -0.139. The Morgan fingerprint density at radius 3 is 2.52 bits per heavy atom. The molecule has 7 nitrogen and oxygen atoms in total. The second kappa shape index (κ2) is 7.63. The summed E-state index contributed by atoms with van der Waals surface area (Å²) in [6.45, 7) is 4.31. The molecule has 0 saturated carbocycles. The van der Waals surface area contributed by atoms with Gasteiger partial charge in [-0.1, -0.05) is 0 Å². The average molecular weight is 313 g/mol. The van der Waals surface area contributed by atoms with Crippen molar-refractivity contribution >= 4 is 29.2 Å². The molecule has 0 spiro atoms. The lowest BCUT2D eigenvalue weighted by atomic mass is 10.1. The van der Waals surface area contributed by atoms with Gasteiger partial charge in [0.2, 0.25) is 5.91 Å². The third-order valence-corrected chi connectivity index (χ3v) is 4.08. The van der Waals surface area contributed by atoms with Crippen molar-refractivity contribution in [3.63, 3.8) is 0 Å². The number of amides is 3. The molecule has 21 heavy (non-hydrogen) atoms. The highest BCUT2D eigenvalue weighted by Crippen LogP contribution is 2.20. The van der Waals surface area contributed by atoms with Crippen molar-refractivity contribution in [3.8, 4) is 0 Å². The molecule has 1 heterocycles. The maximum Gasteiger partial charge on any atom is 0.326 e. The highest BCUT2D eigenvalue weighted by atomic mass is 32.1. The van der Waals surface area contributed by atoms with Crippen molar-refractivity contribution in [3.05, 3.63) is 21.4 Å². The van der Waals surface area contributed by atoms with E-state index in [1.54, 1.807) is 11.3 Å². The number of urea groups is 1. The largest absolute Gasteiger partial charge is 0.480 e. The van der Waals surface area contributed by atoms with Gasteiger partial charge in [0.15, 0.2) is 0 Å². The minimum absolute atomic E-state index is 0.0324. The third-order valence-electron chi connectivity index (χ3n) is 2.92. The standard InChI is InChI=1S/C13H19N3O4S/c1-7-5-9(21-8(7)2)6-15-13(20)16-10(12(18)19)3-4-11(14)17/h5,10H,3-4,6H2,1-2H3,(H2,14,17)(H,18,19)(H2,15,16,20)/t10-/m0/s1. The fourth-order valence-corrected chi connectivity index (χ4v) is 2.65. The number of aliphatic carboxylic acids is 1. The van der Waals surface area contributed by atoms with Gasteiger partial charge in [-0.05, 0) is 31.9 Å². The van der Waals surface area contributed by atoms with E-state index in [0.717, 1.165) is 10.4 Å². The number of hydrogen-bond acceptors (Lipinski definition) is 4. The first-order valence-corrected chi connectivity index (χ1v) is 7.22. The summed E-state index contributed by atoms with van der Waals surface area (Å²) in [5, 5.41) is 13.9. The number of primary amides is 1. The van der Waals surface area contributed by atoms with Crippen LogP contribution in [0.25, 0.3) is 0 Å². The normalized spacial score (nSPS) is 11.7. The minimum Gasteiger partial charge on any atom is -0.480 e. The van der Waals surface area contributed by atoms with E-state index in [4.69, 9.17) is 10.8 Å². The fraction of sp³-hybridized carbons (Fsp3) is 0.462. The zero-order valence-electron chi connectivity index (χ0n) is 11.9. The van der Waals surface area contributed by atoms with Crippen LogP contribution in [0.15, 0.2) is 6.07 Å². The van der Waals surface area contributed by atoms with Gasteiger partial charge in [0.25, 0.3) is 0 Å². The molecule has 0 aliphatic carbocycles. The molecular formula is C13H19N3O4S. The van der Waals surface area contributed by atoms with Gasteiger partial charge in [-0.3, -0.25) is 4.79 Å². The molecule has 0 aromatic carbocycles. The van der Waals surface area contributed by atoms with Gasteiger partial charge >= 0.3 is 12.0 Å². The lowest BCUT2D eigenvalue weighted by Crippen LogP contribution is -2.46. The molecule has 0 saturated heterocycles. The first-order valence-electron chi connectivity index (χ1n) is 6.41. The molecule has 5 N–H and O–H groups in total. The third kappa shape index (κ3) is 5.82. The summed E-state index contributed by atoms with van der Waals surface area (Å²) in [5.41, 5.74) is 6.12. The number of nitrogens with one attached hydrogen (secondary N) is 2. The number of carboxylic acids is 1. The summed E-state index contributed by atoms with van der Waals surface area (Å²) < 4.78 is 0. The molecule has 0 radical (unpaired) electrons. The van der Waals surface area contributed by atoms with Crippen LogP contribution in [0.2, 0.25) is 0 Å². The van der Waals surface area contributed by atoms with E-state index in [0.29, 0.717) is 6.54 Å². The SMILES string of the molecule is Cc1cc(CNC(=O)N[C@@H](CCC(N)=O)C(=O)O)sc1C. The Labute approximate surface area is 126 Å². The molecule has 1 atom stereocenters. The van der Waals surface area contributed by atoms with E-state index in [-0.39, 0.29) is 12.8 Å². The van der Waals surface area contributed by atoms with E-state index in [1.165, 1.54) is 4.88 Å². The Hall–Kier alpha value is -2.09. The van der Waals surface area contributed by atoms with Crippen LogP contribution in [-0.2, 0) is 16.1 Å². The van der Waals surface area contributed by atoms with Crippen molar-refractivity contribution in [2.24, 2.45) is 5.73 Å². The summed E-state index contributed by atoms with van der Waals surface area (Å²) in [6.07, 6.45) is -0.129. The smallest absolute Gasteiger partial charge is 0.326 e. The Morgan fingerprint density at radius 2 is 2.05 bits per heavy atom. The molecule has 0 bridgehead atoms. The van der Waals surface area contributed by atoms with Gasteiger partial charge in [0.1, 0.15) is 6.04 Å². The molecule has 8 heteroatoms. The van der Waals surface area contributed by atoms with Crippen LogP contribution in [0.1, 0.15) is 28.2 Å². The molecule has 1 rings (SSSR count). The summed E-state index contributed by atoms with van der Waals surface area (Å²) in [6, 6.07) is 0.252. The van der Waals surface area contributed by atoms with Gasteiger partial charge in [-0.15, -0.1) is 11.3 Å². The van der Waals surface area contributed by atoms with Crippen LogP contribution in [-0.4, -0.2) is 29.1 Å². The highest BCUT2D eigenvalue weighted by Gasteiger charge is 2.20. The molecule has 3 amide bonds. The van der Waals surface area contributed by atoms with E-state index in [2.05, 4.69) is 10.6 Å². The first kappa shape index (κ1) is 17.0. The fourth-order valence-electron chi connectivity index (χ4n) is 1.66. The summed E-state index contributed by atoms with van der Waals surface area (Å²) >= 11 is 1.58. The maximum absolute atomic E-state index is 11.7. The molecular weight excluding hydrogens is 294 g/mol. The quantitative estimate of drug-likeness (QED) is 0.597. The molecule has 0 aliphatic rings. The van der Waals surface area contributed by atoms with E-state index < -0.39 is 23.9 Å². The second-order valence-corrected chi connectivity index (χ2v) is 6.02. The number of aryl methyl sites for hydroxylation is 2. The predicted octanol–water partition coefficient (Wildman–Crippen LogP) is 0.883. The predicted molar refractivity (Wildman–Crippen MR) is 79.0 cm³/mol. The lowest BCUT2D eigenvalue weighted by Gasteiger charge is -2.14. The van der Waals surface area contributed by atoms with Crippen LogP contribution in [0.5, 0.6) is 0 Å². The van der Waals surface area contributed by atoms with Crippen LogP contribution in [0.4, 0.5) is 4.79 Å². The Balaban J connectivity index is 2.46. The minimum atomic E-state index is -1.20. The maximum atomic E-state index is 11.7. The van der Waals surface area contributed by atoms with Crippen molar-refractivity contribution in [2.75, 3.05) is 0 Å². The summed E-state index contributed by atoms with van der Waals surface area (Å²) in [7, 11) is 0. The molecule has 0 unspecified atom stereocenters. The number of thiophene rings is 1. The second-order valence-electron chi connectivity index (χ2n) is 4.67. The first-order chi connectivity index (χ1) is 9.79. The number of carboxylic acid groups (broad SMARTS) is 1. The van der Waals surface area contributed by atoms with Crippen LogP contribution in [0, 0.1) is 13.8 Å². The Bertz CT molecular complexity index is 522. The number of rotatable bonds is 7. The van der Waals surface area contributed by atoms with E-state index >= 15 is 0 Å². The average Bonchev–Trinajstić information content (AvgIpc) is 2.71. The van der Waals surface area contributed by atoms with Gasteiger partial charge in [0.05, 0.1) is 6.54 Å². The molecule has 1 aromatic rings. The van der Waals surface area contributed by atoms with Crippen molar-refractivity contribution in [1.82, 2.24) is 10.6 Å². The number of carbonyl (C=O) groups excluding carboxylic acids is 2. The zero-order chi connectivity index (χ0) is 16.0. The van der Waals surface area contributed by atoms with Crippen molar-refractivity contribution in [2.45, 2.75) is 39.3 Å². The van der Waals surface area contributed by atoms with Gasteiger partial charge in [-0.25, -0.2) is 9.59 Å². The summed E-state index contributed by atoms with van der Waals surface area (Å²) in [4.78, 5) is 35.5. The number of nitrogens with two attached hydrogens (primary N) is 1. The topological polar surface area (TPSA) is 122 Å². The van der Waals surface area contributed by atoms with E-state index in [9.17, 15) is 14.4 Å². The zero-order valence-corrected chi connectivity index (χ0v) is 12.8. The van der Waals surface area contributed by atoms with Crippen LogP contribution >= 0.6 is 11.3 Å². The van der Waals surface area contributed by atoms with Crippen molar-refractivity contribution < 1.29 is 19.5 Å². The highest BCUT2D eigenvalue weighted by molar-refractivity contribution is 7.12. The summed E-state index contributed by atoms with van der Waals surface area (Å²) in [5.74, 6) is -1.80. The van der Waals surface area contributed by atoms with E-state index in [1.807, 2.05) is 19.9 Å². The Morgan fingerprint density at radius 1 is 1.38 bits per heavy atom. The monoisotopic (exact) mass is 313 g/mol. The van der Waals surface area contributed by atoms with Crippen molar-refractivity contribution in [1.29, 1.82) is 0 Å². The number of carbonyl (C=O) groups is 3. The molecule has 1 aromatic heterocycles. The molecule has 116 valence electrons. The van der Waals surface area contributed by atoms with Gasteiger partial charge < -0.3 is 21.5 Å². The van der Waals surface area contributed by atoms with Gasteiger partial charge in [0, 0.05) is 16.2 Å². The number of hydrogen-bond donors (Lipinski definition) is 4. The molecule has 0 fully saturated rings. The van der Waals surface area contributed by atoms with Gasteiger partial charge in [-0.2, -0.15) is 0 Å². The molecule has 0 aliphatic heterocycles. The Kier molecular flexibility index (Phi) is 6.16. The van der Waals surface area contributed by atoms with Crippen LogP contribution in [0.3, 0.4) is 0 Å². The van der Waals surface area contributed by atoms with Crippen LogP contribution < -0.4 is 16.4 Å².